The Hall–Kier alpha value is -1.56. The number of aromatic nitrogens is 4. The fourth-order valence-electron chi connectivity index (χ4n) is 2.09. The van der Waals surface area contributed by atoms with E-state index in [-0.39, 0.29) is 0 Å². The molecular weight excluding hydrogens is 345 g/mol. The number of hydrogen-bond donors (Lipinski definition) is 1. The Morgan fingerprint density at radius 3 is 2.64 bits per heavy atom. The summed E-state index contributed by atoms with van der Waals surface area (Å²) in [4.78, 5) is 8.65. The fourth-order valence-corrected chi connectivity index (χ4v) is 2.60. The molecule has 3 aromatic rings. The lowest BCUT2D eigenvalue weighted by atomic mass is 10.2. The van der Waals surface area contributed by atoms with Crippen LogP contribution in [-0.2, 0) is 6.54 Å². The average Bonchev–Trinajstić information content (AvgIpc) is 2.89. The zero-order valence-electron chi connectivity index (χ0n) is 11.9. The lowest BCUT2D eigenvalue weighted by Gasteiger charge is -2.05. The molecule has 0 amide bonds. The lowest BCUT2D eigenvalue weighted by Crippen LogP contribution is -2.02. The van der Waals surface area contributed by atoms with Gasteiger partial charge in [-0.15, -0.1) is 5.10 Å². The Balaban J connectivity index is 1.89. The van der Waals surface area contributed by atoms with Crippen LogP contribution >= 0.6 is 34.8 Å². The van der Waals surface area contributed by atoms with E-state index in [2.05, 4.69) is 20.4 Å². The molecule has 3 rings (SSSR count). The third-order valence-electron chi connectivity index (χ3n) is 3.28. The largest absolute Gasteiger partial charge is 0.349 e. The van der Waals surface area contributed by atoms with Gasteiger partial charge in [0.25, 0.3) is 5.78 Å². The Morgan fingerprint density at radius 2 is 1.86 bits per heavy atom. The second-order valence-corrected chi connectivity index (χ2v) is 5.97. The summed E-state index contributed by atoms with van der Waals surface area (Å²) in [7, 11) is 0. The summed E-state index contributed by atoms with van der Waals surface area (Å²) in [6.07, 6.45) is 0. The van der Waals surface area contributed by atoms with Crippen LogP contribution in [0.3, 0.4) is 0 Å². The molecule has 8 heteroatoms. The van der Waals surface area contributed by atoms with Gasteiger partial charge in [0.1, 0.15) is 0 Å². The first kappa shape index (κ1) is 15.3. The number of halogens is 3. The highest BCUT2D eigenvalue weighted by Crippen LogP contribution is 2.26. The van der Waals surface area contributed by atoms with Gasteiger partial charge >= 0.3 is 0 Å². The number of hydrogen-bond acceptors (Lipinski definition) is 4. The van der Waals surface area contributed by atoms with E-state index in [0.29, 0.717) is 33.3 Å². The maximum atomic E-state index is 6.17. The van der Waals surface area contributed by atoms with Crippen molar-refractivity contribution >= 4 is 46.5 Å². The normalized spacial score (nSPS) is 11.1. The van der Waals surface area contributed by atoms with Crippen molar-refractivity contribution in [1.29, 1.82) is 0 Å². The van der Waals surface area contributed by atoms with Crippen LogP contribution in [0.1, 0.15) is 17.0 Å². The van der Waals surface area contributed by atoms with E-state index in [1.807, 2.05) is 26.0 Å². The first-order valence-corrected chi connectivity index (χ1v) is 7.67. The number of benzene rings is 1. The molecule has 2 aromatic heterocycles. The molecule has 0 aliphatic carbocycles. The Kier molecular flexibility index (Phi) is 4.12. The number of fused-ring (bicyclic) bond motifs is 1. The van der Waals surface area contributed by atoms with Gasteiger partial charge in [-0.3, -0.25) is 0 Å². The minimum Gasteiger partial charge on any atom is -0.349 e. The summed E-state index contributed by atoms with van der Waals surface area (Å²) >= 11 is 18.3. The van der Waals surface area contributed by atoms with Crippen LogP contribution in [0.25, 0.3) is 5.78 Å². The summed E-state index contributed by atoms with van der Waals surface area (Å²) in [5, 5.41) is 9.09. The van der Waals surface area contributed by atoms with E-state index < -0.39 is 0 Å². The quantitative estimate of drug-likeness (QED) is 0.759. The van der Waals surface area contributed by atoms with Crippen molar-refractivity contribution < 1.29 is 0 Å². The van der Waals surface area contributed by atoms with Crippen molar-refractivity contribution in [3.63, 3.8) is 0 Å². The molecule has 0 unspecified atom stereocenters. The van der Waals surface area contributed by atoms with Crippen molar-refractivity contribution in [2.75, 3.05) is 5.32 Å². The zero-order valence-corrected chi connectivity index (χ0v) is 14.1. The number of anilines is 1. The van der Waals surface area contributed by atoms with Gasteiger partial charge in [-0.1, -0.05) is 46.9 Å². The minimum atomic E-state index is 0.452. The Bertz CT molecular complexity index is 859. The minimum absolute atomic E-state index is 0.452. The highest BCUT2D eigenvalue weighted by atomic mass is 35.5. The molecule has 0 aliphatic rings. The van der Waals surface area contributed by atoms with Gasteiger partial charge in [0.05, 0.1) is 26.5 Å². The Labute approximate surface area is 142 Å². The predicted molar refractivity (Wildman–Crippen MR) is 89.1 cm³/mol. The van der Waals surface area contributed by atoms with Crippen LogP contribution in [0.5, 0.6) is 0 Å². The highest BCUT2D eigenvalue weighted by molar-refractivity contribution is 6.42. The molecule has 1 aromatic carbocycles. The summed E-state index contributed by atoms with van der Waals surface area (Å²) in [6, 6.07) is 5.48. The van der Waals surface area contributed by atoms with E-state index >= 15 is 0 Å². The van der Waals surface area contributed by atoms with Gasteiger partial charge in [0, 0.05) is 6.54 Å². The molecule has 0 spiro atoms. The summed E-state index contributed by atoms with van der Waals surface area (Å²) < 4.78 is 1.61. The van der Waals surface area contributed by atoms with Gasteiger partial charge in [-0.2, -0.15) is 9.50 Å². The number of aryl methyl sites for hydroxylation is 2. The summed E-state index contributed by atoms with van der Waals surface area (Å²) in [5.74, 6) is 0.951. The highest BCUT2D eigenvalue weighted by Gasteiger charge is 2.12. The van der Waals surface area contributed by atoms with E-state index in [0.717, 1.165) is 17.0 Å². The number of nitrogens with zero attached hydrogens (tertiary/aromatic N) is 4. The second-order valence-electron chi connectivity index (χ2n) is 4.81. The molecule has 114 valence electrons. The average molecular weight is 357 g/mol. The molecule has 2 heterocycles. The molecule has 0 saturated carbocycles. The third kappa shape index (κ3) is 2.72. The van der Waals surface area contributed by atoms with Crippen molar-refractivity contribution in [1.82, 2.24) is 19.6 Å². The lowest BCUT2D eigenvalue weighted by molar-refractivity contribution is 0.883. The van der Waals surface area contributed by atoms with Gasteiger partial charge in [0.2, 0.25) is 5.95 Å². The summed E-state index contributed by atoms with van der Waals surface area (Å²) in [5.41, 5.74) is 2.39. The molecule has 0 fully saturated rings. The molecule has 0 saturated heterocycles. The number of nitrogens with one attached hydrogen (secondary N) is 1. The topological polar surface area (TPSA) is 55.1 Å². The van der Waals surface area contributed by atoms with E-state index in [9.17, 15) is 0 Å². The molecule has 0 radical (unpaired) electrons. The standard InChI is InChI=1S/C14H12Cl3N5/c1-7-11(16)8(2)22-14(19-7)20-13(21-22)18-6-9-4-3-5-10(15)12(9)17/h3-5H,6H2,1-2H3,(H,18,21). The number of rotatable bonds is 3. The van der Waals surface area contributed by atoms with Gasteiger partial charge < -0.3 is 5.32 Å². The second kappa shape index (κ2) is 5.91. The molecule has 5 nitrogen and oxygen atoms in total. The van der Waals surface area contributed by atoms with Gasteiger partial charge in [-0.05, 0) is 25.5 Å². The van der Waals surface area contributed by atoms with Gasteiger partial charge in [0.15, 0.2) is 0 Å². The van der Waals surface area contributed by atoms with E-state index in [1.165, 1.54) is 0 Å². The van der Waals surface area contributed by atoms with Crippen LogP contribution in [0.2, 0.25) is 15.1 Å². The molecule has 1 N–H and O–H groups in total. The maximum Gasteiger partial charge on any atom is 0.254 e. The van der Waals surface area contributed by atoms with E-state index in [1.54, 1.807) is 10.6 Å². The third-order valence-corrected chi connectivity index (χ3v) is 4.68. The SMILES string of the molecule is Cc1nc2nc(NCc3cccc(Cl)c3Cl)nn2c(C)c1Cl. The van der Waals surface area contributed by atoms with Crippen LogP contribution < -0.4 is 5.32 Å². The molecule has 22 heavy (non-hydrogen) atoms. The predicted octanol–water partition coefficient (Wildman–Crippen LogP) is 4.31. The van der Waals surface area contributed by atoms with Crippen LogP contribution in [0.15, 0.2) is 18.2 Å². The van der Waals surface area contributed by atoms with Crippen LogP contribution in [-0.4, -0.2) is 19.6 Å². The first-order valence-electron chi connectivity index (χ1n) is 6.53. The van der Waals surface area contributed by atoms with E-state index in [4.69, 9.17) is 34.8 Å². The van der Waals surface area contributed by atoms with Gasteiger partial charge in [-0.25, -0.2) is 4.98 Å². The van der Waals surface area contributed by atoms with Crippen molar-refractivity contribution in [2.45, 2.75) is 20.4 Å². The molecule has 0 aliphatic heterocycles. The van der Waals surface area contributed by atoms with Crippen LogP contribution in [0.4, 0.5) is 5.95 Å². The van der Waals surface area contributed by atoms with Crippen molar-refractivity contribution in [2.24, 2.45) is 0 Å². The maximum absolute atomic E-state index is 6.17. The molecular formula is C14H12Cl3N5. The van der Waals surface area contributed by atoms with Crippen molar-refractivity contribution in [3.05, 3.63) is 50.2 Å². The monoisotopic (exact) mass is 355 g/mol. The Morgan fingerprint density at radius 1 is 1.09 bits per heavy atom. The molecule has 0 bridgehead atoms. The summed E-state index contributed by atoms with van der Waals surface area (Å²) in [6.45, 7) is 4.17. The van der Waals surface area contributed by atoms with Crippen molar-refractivity contribution in [3.8, 4) is 0 Å². The zero-order chi connectivity index (χ0) is 15.9. The smallest absolute Gasteiger partial charge is 0.254 e. The fraction of sp³-hybridized carbons (Fsp3) is 0.214. The van der Waals surface area contributed by atoms with Crippen LogP contribution in [0, 0.1) is 13.8 Å². The first-order chi connectivity index (χ1) is 10.5. The molecule has 0 atom stereocenters.